The third-order valence-electron chi connectivity index (χ3n) is 5.40. The third kappa shape index (κ3) is 4.79. The van der Waals surface area contributed by atoms with Gasteiger partial charge >= 0.3 is 0 Å². The maximum Gasteiger partial charge on any atom is 0.257 e. The molecule has 4 rings (SSSR count). The van der Waals surface area contributed by atoms with Crippen LogP contribution < -0.4 is 14.8 Å². The maximum absolute atomic E-state index is 13.3. The fourth-order valence-corrected chi connectivity index (χ4v) is 3.84. The predicted molar refractivity (Wildman–Crippen MR) is 112 cm³/mol. The van der Waals surface area contributed by atoms with E-state index in [1.54, 1.807) is 42.9 Å². The van der Waals surface area contributed by atoms with E-state index in [0.29, 0.717) is 29.3 Å². The van der Waals surface area contributed by atoms with Gasteiger partial charge in [0.25, 0.3) is 5.91 Å². The molecule has 1 aromatic carbocycles. The summed E-state index contributed by atoms with van der Waals surface area (Å²) in [6.07, 6.45) is 7.58. The molecule has 2 atom stereocenters. The second-order valence-corrected chi connectivity index (χ2v) is 7.35. The quantitative estimate of drug-likeness (QED) is 0.625. The van der Waals surface area contributed by atoms with E-state index in [4.69, 9.17) is 9.47 Å². The number of hydrogen-bond acceptors (Lipinski definition) is 6. The summed E-state index contributed by atoms with van der Waals surface area (Å²) in [6.45, 7) is 0.440. The molecule has 1 N–H and O–H groups in total. The number of rotatable bonds is 7. The molecule has 160 valence electrons. The maximum atomic E-state index is 13.3. The second-order valence-electron chi connectivity index (χ2n) is 7.35. The molecule has 1 saturated carbocycles. The molecule has 1 amide bonds. The summed E-state index contributed by atoms with van der Waals surface area (Å²) in [6, 6.07) is 9.30. The van der Waals surface area contributed by atoms with Crippen molar-refractivity contribution in [3.05, 3.63) is 66.4 Å². The molecule has 2 aromatic heterocycles. The standard InChI is InChI=1S/C23H23FN4O3/c1-30-23-20(18(10-13-27-23)21-25-11-3-12-26-21)22(29)28-19-5-2-4-15(19)14-31-17-8-6-16(24)7-9-17/h3,6-13,15,19H,2,4-5,14H2,1H3,(H,28,29)/t15-,19+/m1/s1. The number of halogens is 1. The van der Waals surface area contributed by atoms with Gasteiger partial charge in [-0.25, -0.2) is 19.3 Å². The summed E-state index contributed by atoms with van der Waals surface area (Å²) in [5.74, 6) is 0.812. The summed E-state index contributed by atoms with van der Waals surface area (Å²) < 4.78 is 24.3. The first-order valence-corrected chi connectivity index (χ1v) is 10.2. The number of benzene rings is 1. The largest absolute Gasteiger partial charge is 0.493 e. The van der Waals surface area contributed by atoms with E-state index in [1.807, 2.05) is 0 Å². The van der Waals surface area contributed by atoms with E-state index in [1.165, 1.54) is 19.2 Å². The van der Waals surface area contributed by atoms with Crippen molar-refractivity contribution in [2.75, 3.05) is 13.7 Å². The molecule has 0 bridgehead atoms. The third-order valence-corrected chi connectivity index (χ3v) is 5.40. The predicted octanol–water partition coefficient (Wildman–Crippen LogP) is 3.66. The molecule has 1 fully saturated rings. The lowest BCUT2D eigenvalue weighted by atomic mass is 10.0. The lowest BCUT2D eigenvalue weighted by molar-refractivity contribution is 0.0915. The highest BCUT2D eigenvalue weighted by Gasteiger charge is 2.31. The van der Waals surface area contributed by atoms with Crippen LogP contribution >= 0.6 is 0 Å². The lowest BCUT2D eigenvalue weighted by Gasteiger charge is -2.22. The number of aromatic nitrogens is 3. The van der Waals surface area contributed by atoms with E-state index in [9.17, 15) is 9.18 Å². The minimum Gasteiger partial charge on any atom is -0.493 e. The number of nitrogens with one attached hydrogen (secondary N) is 1. The Labute approximate surface area is 179 Å². The van der Waals surface area contributed by atoms with Crippen LogP contribution in [0.5, 0.6) is 11.6 Å². The minimum atomic E-state index is -0.304. The van der Waals surface area contributed by atoms with Gasteiger partial charge in [-0.1, -0.05) is 6.42 Å². The fraction of sp³-hybridized carbons (Fsp3) is 0.304. The molecule has 0 saturated heterocycles. The van der Waals surface area contributed by atoms with Crippen molar-refractivity contribution in [1.29, 1.82) is 0 Å². The number of pyridine rings is 1. The van der Waals surface area contributed by atoms with Crippen LogP contribution in [0.3, 0.4) is 0 Å². The minimum absolute atomic E-state index is 0.0533. The Kier molecular flexibility index (Phi) is 6.35. The molecule has 31 heavy (non-hydrogen) atoms. The summed E-state index contributed by atoms with van der Waals surface area (Å²) >= 11 is 0. The molecule has 0 unspecified atom stereocenters. The molecule has 1 aliphatic carbocycles. The van der Waals surface area contributed by atoms with Crippen molar-refractivity contribution >= 4 is 5.91 Å². The van der Waals surface area contributed by atoms with Gasteiger partial charge < -0.3 is 14.8 Å². The Morgan fingerprint density at radius 1 is 1.10 bits per heavy atom. The topological polar surface area (TPSA) is 86.2 Å². The summed E-state index contributed by atoms with van der Waals surface area (Å²) in [7, 11) is 1.48. The van der Waals surface area contributed by atoms with Gasteiger partial charge in [-0.3, -0.25) is 4.79 Å². The average Bonchev–Trinajstić information content (AvgIpc) is 3.25. The van der Waals surface area contributed by atoms with Crippen LogP contribution in [-0.2, 0) is 0 Å². The van der Waals surface area contributed by atoms with E-state index < -0.39 is 0 Å². The lowest BCUT2D eigenvalue weighted by Crippen LogP contribution is -2.39. The highest BCUT2D eigenvalue weighted by molar-refractivity contribution is 6.02. The molecule has 0 spiro atoms. The van der Waals surface area contributed by atoms with Crippen molar-refractivity contribution in [2.24, 2.45) is 5.92 Å². The first kappa shape index (κ1) is 20.7. The fourth-order valence-electron chi connectivity index (χ4n) is 3.84. The van der Waals surface area contributed by atoms with Crippen LogP contribution in [0.4, 0.5) is 4.39 Å². The Hall–Kier alpha value is -3.55. The van der Waals surface area contributed by atoms with Gasteiger partial charge in [-0.05, 0) is 49.2 Å². The van der Waals surface area contributed by atoms with Gasteiger partial charge in [0.2, 0.25) is 5.88 Å². The number of ether oxygens (including phenoxy) is 2. The number of amides is 1. The van der Waals surface area contributed by atoms with E-state index >= 15 is 0 Å². The van der Waals surface area contributed by atoms with Gasteiger partial charge in [0.15, 0.2) is 5.82 Å². The van der Waals surface area contributed by atoms with Crippen LogP contribution in [0.2, 0.25) is 0 Å². The first-order valence-electron chi connectivity index (χ1n) is 10.2. The van der Waals surface area contributed by atoms with Crippen molar-refractivity contribution in [2.45, 2.75) is 25.3 Å². The molecule has 0 aliphatic heterocycles. The van der Waals surface area contributed by atoms with Crippen LogP contribution in [-0.4, -0.2) is 40.6 Å². The van der Waals surface area contributed by atoms with Crippen LogP contribution in [0.15, 0.2) is 55.0 Å². The normalized spacial score (nSPS) is 17.9. The number of carbonyl (C=O) groups is 1. The van der Waals surface area contributed by atoms with Gasteiger partial charge in [-0.15, -0.1) is 0 Å². The summed E-state index contributed by atoms with van der Waals surface area (Å²) in [4.78, 5) is 26.0. The summed E-state index contributed by atoms with van der Waals surface area (Å²) in [5.41, 5.74) is 0.864. The average molecular weight is 422 g/mol. The number of nitrogens with zero attached hydrogens (tertiary/aromatic N) is 3. The molecule has 0 radical (unpaired) electrons. The van der Waals surface area contributed by atoms with Crippen LogP contribution in [0.1, 0.15) is 29.6 Å². The summed E-state index contributed by atoms with van der Waals surface area (Å²) in [5, 5.41) is 3.12. The zero-order valence-corrected chi connectivity index (χ0v) is 17.1. The molecular weight excluding hydrogens is 399 g/mol. The number of hydrogen-bond donors (Lipinski definition) is 1. The molecule has 2 heterocycles. The van der Waals surface area contributed by atoms with Gasteiger partial charge in [-0.2, -0.15) is 0 Å². The van der Waals surface area contributed by atoms with Gasteiger partial charge in [0.1, 0.15) is 17.1 Å². The van der Waals surface area contributed by atoms with E-state index in [-0.39, 0.29) is 29.6 Å². The monoisotopic (exact) mass is 422 g/mol. The van der Waals surface area contributed by atoms with E-state index in [0.717, 1.165) is 19.3 Å². The van der Waals surface area contributed by atoms with Crippen LogP contribution in [0, 0.1) is 11.7 Å². The molecule has 3 aromatic rings. The Morgan fingerprint density at radius 2 is 1.87 bits per heavy atom. The molecular formula is C23H23FN4O3. The highest BCUT2D eigenvalue weighted by Crippen LogP contribution is 2.30. The Morgan fingerprint density at radius 3 is 2.61 bits per heavy atom. The highest BCUT2D eigenvalue weighted by atomic mass is 19.1. The smallest absolute Gasteiger partial charge is 0.257 e. The Bertz CT molecular complexity index is 1030. The van der Waals surface area contributed by atoms with Crippen molar-refractivity contribution < 1.29 is 18.7 Å². The SMILES string of the molecule is COc1nccc(-c2ncccn2)c1C(=O)N[C@H]1CCC[C@@H]1COc1ccc(F)cc1. The van der Waals surface area contributed by atoms with Gasteiger partial charge in [0, 0.05) is 36.1 Å². The Balaban J connectivity index is 1.50. The second kappa shape index (κ2) is 9.51. The number of carbonyl (C=O) groups excluding carboxylic acids is 1. The van der Waals surface area contributed by atoms with Gasteiger partial charge in [0.05, 0.1) is 13.7 Å². The van der Waals surface area contributed by atoms with Crippen molar-refractivity contribution in [3.63, 3.8) is 0 Å². The number of methoxy groups -OCH3 is 1. The zero-order chi connectivity index (χ0) is 21.6. The van der Waals surface area contributed by atoms with Crippen molar-refractivity contribution in [3.8, 4) is 23.0 Å². The zero-order valence-electron chi connectivity index (χ0n) is 17.1. The molecule has 1 aliphatic rings. The van der Waals surface area contributed by atoms with Crippen molar-refractivity contribution in [1.82, 2.24) is 20.3 Å². The molecule has 8 heteroatoms. The van der Waals surface area contributed by atoms with E-state index in [2.05, 4.69) is 20.3 Å². The first-order chi connectivity index (χ1) is 15.2. The molecule has 7 nitrogen and oxygen atoms in total. The van der Waals surface area contributed by atoms with Crippen LogP contribution in [0.25, 0.3) is 11.4 Å².